The minimum atomic E-state index is -0.521. The van der Waals surface area contributed by atoms with Crippen LogP contribution in [0.25, 0.3) is 0 Å². The van der Waals surface area contributed by atoms with Crippen LogP contribution in [0.5, 0.6) is 0 Å². The van der Waals surface area contributed by atoms with Crippen LogP contribution in [-0.2, 0) is 4.74 Å². The van der Waals surface area contributed by atoms with E-state index >= 15 is 0 Å². The number of nitrogens with one attached hydrogen (secondary N) is 2. The standard InChI is InChI=1S/C15H18N6O3/c1-16-14-13(21(22)23)10-17-15(19-14)18-11-2-4-12(5-3-11)20-6-8-24-9-7-20/h2-5,10H,6-9H2,1H3,(H2,16,17,18,19). The van der Waals surface area contributed by atoms with E-state index in [4.69, 9.17) is 4.74 Å². The summed E-state index contributed by atoms with van der Waals surface area (Å²) in [6, 6.07) is 7.87. The molecule has 2 heterocycles. The highest BCUT2D eigenvalue weighted by Crippen LogP contribution is 2.24. The second-order valence-electron chi connectivity index (χ2n) is 5.21. The lowest BCUT2D eigenvalue weighted by atomic mass is 10.2. The van der Waals surface area contributed by atoms with Gasteiger partial charge in [0.1, 0.15) is 6.20 Å². The SMILES string of the molecule is CNc1nc(Nc2ccc(N3CCOCC3)cc2)ncc1[N+](=O)[O-]. The summed E-state index contributed by atoms with van der Waals surface area (Å²) in [5.74, 6) is 0.464. The molecule has 1 aliphatic heterocycles. The molecular formula is C15H18N6O3. The number of hydrogen-bond donors (Lipinski definition) is 2. The van der Waals surface area contributed by atoms with Crippen LogP contribution in [0.3, 0.4) is 0 Å². The van der Waals surface area contributed by atoms with Gasteiger partial charge in [-0.2, -0.15) is 4.98 Å². The molecular weight excluding hydrogens is 312 g/mol. The Morgan fingerprint density at radius 3 is 2.58 bits per heavy atom. The maximum Gasteiger partial charge on any atom is 0.329 e. The van der Waals surface area contributed by atoms with Crippen LogP contribution in [0.1, 0.15) is 0 Å². The average Bonchev–Trinajstić information content (AvgIpc) is 2.63. The van der Waals surface area contributed by atoms with Gasteiger partial charge in [-0.25, -0.2) is 4.98 Å². The summed E-state index contributed by atoms with van der Waals surface area (Å²) < 4.78 is 5.35. The third-order valence-electron chi connectivity index (χ3n) is 3.70. The predicted octanol–water partition coefficient (Wildman–Crippen LogP) is 2.01. The molecule has 0 amide bonds. The molecule has 9 heteroatoms. The Labute approximate surface area is 138 Å². The molecule has 0 bridgehead atoms. The highest BCUT2D eigenvalue weighted by molar-refractivity contribution is 5.62. The summed E-state index contributed by atoms with van der Waals surface area (Å²) >= 11 is 0. The second-order valence-corrected chi connectivity index (χ2v) is 5.21. The average molecular weight is 330 g/mol. The van der Waals surface area contributed by atoms with Crippen molar-refractivity contribution in [3.8, 4) is 0 Å². The molecule has 9 nitrogen and oxygen atoms in total. The number of aromatic nitrogens is 2. The lowest BCUT2D eigenvalue weighted by Crippen LogP contribution is -2.36. The summed E-state index contributed by atoms with van der Waals surface area (Å²) in [6.45, 7) is 3.24. The molecule has 1 saturated heterocycles. The molecule has 1 aromatic heterocycles. The second kappa shape index (κ2) is 7.09. The molecule has 0 radical (unpaired) electrons. The predicted molar refractivity (Wildman–Crippen MR) is 91.0 cm³/mol. The van der Waals surface area contributed by atoms with Gasteiger partial charge in [0.2, 0.25) is 11.8 Å². The van der Waals surface area contributed by atoms with E-state index in [0.29, 0.717) is 5.95 Å². The summed E-state index contributed by atoms with van der Waals surface area (Å²) in [7, 11) is 1.58. The van der Waals surface area contributed by atoms with Gasteiger partial charge in [0.25, 0.3) is 0 Å². The number of anilines is 4. The van der Waals surface area contributed by atoms with Crippen molar-refractivity contribution in [2.45, 2.75) is 0 Å². The molecule has 1 aromatic carbocycles. The summed E-state index contributed by atoms with van der Waals surface area (Å²) in [5.41, 5.74) is 1.78. The molecule has 2 N–H and O–H groups in total. The minimum absolute atomic E-state index is 0.161. The number of nitro groups is 1. The van der Waals surface area contributed by atoms with Crippen molar-refractivity contribution in [3.63, 3.8) is 0 Å². The fourth-order valence-electron chi connectivity index (χ4n) is 2.46. The summed E-state index contributed by atoms with van der Waals surface area (Å²) in [5, 5.41) is 16.6. The maximum absolute atomic E-state index is 10.9. The maximum atomic E-state index is 10.9. The molecule has 0 unspecified atom stereocenters. The Bertz CT molecular complexity index is 716. The van der Waals surface area contributed by atoms with Gasteiger partial charge in [0.15, 0.2) is 0 Å². The Balaban J connectivity index is 1.72. The van der Waals surface area contributed by atoms with Crippen LogP contribution in [0.4, 0.5) is 28.8 Å². The van der Waals surface area contributed by atoms with Gasteiger partial charge < -0.3 is 20.3 Å². The Hall–Kier alpha value is -2.94. The molecule has 0 aliphatic carbocycles. The zero-order valence-corrected chi connectivity index (χ0v) is 13.2. The van der Waals surface area contributed by atoms with E-state index in [-0.39, 0.29) is 11.5 Å². The van der Waals surface area contributed by atoms with Gasteiger partial charge in [0, 0.05) is 31.5 Å². The van der Waals surface area contributed by atoms with Crippen LogP contribution >= 0.6 is 0 Å². The Morgan fingerprint density at radius 2 is 1.96 bits per heavy atom. The van der Waals surface area contributed by atoms with Gasteiger partial charge in [0.05, 0.1) is 18.1 Å². The van der Waals surface area contributed by atoms with Crippen molar-refractivity contribution in [2.24, 2.45) is 0 Å². The van der Waals surface area contributed by atoms with Crippen LogP contribution in [-0.4, -0.2) is 48.2 Å². The van der Waals surface area contributed by atoms with Crippen LogP contribution in [0.15, 0.2) is 30.5 Å². The van der Waals surface area contributed by atoms with Crippen molar-refractivity contribution in [2.75, 3.05) is 48.9 Å². The fraction of sp³-hybridized carbons (Fsp3) is 0.333. The highest BCUT2D eigenvalue weighted by Gasteiger charge is 2.16. The van der Waals surface area contributed by atoms with Crippen molar-refractivity contribution in [3.05, 3.63) is 40.6 Å². The smallest absolute Gasteiger partial charge is 0.329 e. The molecule has 0 atom stereocenters. The van der Waals surface area contributed by atoms with Crippen molar-refractivity contribution < 1.29 is 9.66 Å². The topological polar surface area (TPSA) is 105 Å². The quantitative estimate of drug-likeness (QED) is 0.633. The molecule has 2 aromatic rings. The lowest BCUT2D eigenvalue weighted by molar-refractivity contribution is -0.384. The number of morpholine rings is 1. The molecule has 1 fully saturated rings. The first-order chi connectivity index (χ1) is 11.7. The molecule has 0 spiro atoms. The lowest BCUT2D eigenvalue weighted by Gasteiger charge is -2.28. The van der Waals surface area contributed by atoms with E-state index in [1.807, 2.05) is 24.3 Å². The zero-order chi connectivity index (χ0) is 16.9. The first kappa shape index (κ1) is 15.9. The van der Waals surface area contributed by atoms with E-state index in [9.17, 15) is 10.1 Å². The normalized spacial score (nSPS) is 14.3. The summed E-state index contributed by atoms with van der Waals surface area (Å²) in [4.78, 5) is 20.7. The van der Waals surface area contributed by atoms with E-state index < -0.39 is 4.92 Å². The van der Waals surface area contributed by atoms with E-state index in [2.05, 4.69) is 25.5 Å². The number of hydrogen-bond acceptors (Lipinski definition) is 8. The number of nitrogens with zero attached hydrogens (tertiary/aromatic N) is 4. The van der Waals surface area contributed by atoms with Crippen molar-refractivity contribution in [1.82, 2.24) is 9.97 Å². The van der Waals surface area contributed by atoms with Gasteiger partial charge in [-0.15, -0.1) is 0 Å². The number of benzene rings is 1. The largest absolute Gasteiger partial charge is 0.378 e. The third kappa shape index (κ3) is 3.51. The third-order valence-corrected chi connectivity index (χ3v) is 3.70. The zero-order valence-electron chi connectivity index (χ0n) is 13.2. The van der Waals surface area contributed by atoms with Crippen LogP contribution in [0.2, 0.25) is 0 Å². The molecule has 0 saturated carbocycles. The van der Waals surface area contributed by atoms with Gasteiger partial charge in [-0.3, -0.25) is 10.1 Å². The van der Waals surface area contributed by atoms with Gasteiger partial charge >= 0.3 is 5.69 Å². The monoisotopic (exact) mass is 330 g/mol. The Morgan fingerprint density at radius 1 is 1.25 bits per heavy atom. The van der Waals surface area contributed by atoms with Gasteiger partial charge in [-0.1, -0.05) is 0 Å². The molecule has 3 rings (SSSR count). The number of rotatable bonds is 5. The summed E-state index contributed by atoms with van der Waals surface area (Å²) in [6.07, 6.45) is 1.18. The molecule has 24 heavy (non-hydrogen) atoms. The first-order valence-electron chi connectivity index (χ1n) is 7.56. The number of ether oxygens (including phenoxy) is 1. The fourth-order valence-corrected chi connectivity index (χ4v) is 2.46. The highest BCUT2D eigenvalue weighted by atomic mass is 16.6. The Kier molecular flexibility index (Phi) is 4.71. The van der Waals surface area contributed by atoms with E-state index in [0.717, 1.165) is 37.7 Å². The van der Waals surface area contributed by atoms with Gasteiger partial charge in [-0.05, 0) is 24.3 Å². The van der Waals surface area contributed by atoms with Crippen LogP contribution < -0.4 is 15.5 Å². The minimum Gasteiger partial charge on any atom is -0.378 e. The molecule has 1 aliphatic rings. The van der Waals surface area contributed by atoms with E-state index in [1.165, 1.54) is 6.20 Å². The first-order valence-corrected chi connectivity index (χ1v) is 7.56. The van der Waals surface area contributed by atoms with Crippen LogP contribution in [0, 0.1) is 10.1 Å². The molecule has 126 valence electrons. The van der Waals surface area contributed by atoms with Crippen molar-refractivity contribution in [1.29, 1.82) is 0 Å². The van der Waals surface area contributed by atoms with E-state index in [1.54, 1.807) is 7.05 Å². The van der Waals surface area contributed by atoms with Crippen molar-refractivity contribution >= 4 is 28.8 Å².